The molecule has 2 aromatic heterocycles. The molecular weight excluding hydrogens is 304 g/mol. The van der Waals surface area contributed by atoms with Crippen LogP contribution in [0, 0.1) is 0 Å². The Bertz CT molecular complexity index is 882. The third kappa shape index (κ3) is 2.46. The molecule has 0 radical (unpaired) electrons. The van der Waals surface area contributed by atoms with E-state index in [0.717, 1.165) is 29.9 Å². The number of nitrogens with zero attached hydrogens (tertiary/aromatic N) is 5. The molecule has 1 saturated heterocycles. The van der Waals surface area contributed by atoms with Crippen molar-refractivity contribution in [3.05, 3.63) is 48.3 Å². The largest absolute Gasteiger partial charge is 0.345 e. The fourth-order valence-electron chi connectivity index (χ4n) is 3.29. The highest BCUT2D eigenvalue weighted by atomic mass is 16.2. The number of rotatable bonds is 2. The van der Waals surface area contributed by atoms with Gasteiger partial charge in [-0.25, -0.2) is 9.97 Å². The van der Waals surface area contributed by atoms with Crippen molar-refractivity contribution in [1.82, 2.24) is 29.3 Å². The molecule has 1 amide bonds. The highest BCUT2D eigenvalue weighted by molar-refractivity contribution is 5.97. The number of hydrogen-bond acceptors (Lipinski definition) is 4. The Labute approximate surface area is 139 Å². The predicted molar refractivity (Wildman–Crippen MR) is 90.6 cm³/mol. The summed E-state index contributed by atoms with van der Waals surface area (Å²) in [6.45, 7) is 2.19. The molecule has 1 unspecified atom stereocenters. The van der Waals surface area contributed by atoms with Crippen molar-refractivity contribution in [2.75, 3.05) is 26.7 Å². The average molecular weight is 324 g/mol. The molecule has 3 aromatic rings. The van der Waals surface area contributed by atoms with Crippen molar-refractivity contribution in [3.63, 3.8) is 0 Å². The summed E-state index contributed by atoms with van der Waals surface area (Å²) in [6.07, 6.45) is 5.39. The maximum atomic E-state index is 12.9. The number of imidazole rings is 2. The van der Waals surface area contributed by atoms with Crippen molar-refractivity contribution < 1.29 is 4.79 Å². The highest BCUT2D eigenvalue weighted by Crippen LogP contribution is 2.24. The predicted octanol–water partition coefficient (Wildman–Crippen LogP) is 1.43. The molecule has 24 heavy (non-hydrogen) atoms. The zero-order valence-corrected chi connectivity index (χ0v) is 13.8. The zero-order valence-electron chi connectivity index (χ0n) is 13.8. The van der Waals surface area contributed by atoms with Gasteiger partial charge in [-0.3, -0.25) is 9.69 Å². The van der Waals surface area contributed by atoms with Gasteiger partial charge < -0.3 is 14.5 Å². The van der Waals surface area contributed by atoms with E-state index in [9.17, 15) is 4.79 Å². The Morgan fingerprint density at radius 3 is 2.92 bits per heavy atom. The van der Waals surface area contributed by atoms with Gasteiger partial charge in [-0.05, 0) is 25.2 Å². The van der Waals surface area contributed by atoms with Crippen LogP contribution in [0.25, 0.3) is 11.0 Å². The normalized spacial score (nSPS) is 19.1. The van der Waals surface area contributed by atoms with Gasteiger partial charge in [0.15, 0.2) is 0 Å². The summed E-state index contributed by atoms with van der Waals surface area (Å²) in [5.41, 5.74) is 2.45. The summed E-state index contributed by atoms with van der Waals surface area (Å²) in [4.78, 5) is 28.8. The second kappa shape index (κ2) is 5.76. The quantitative estimate of drug-likeness (QED) is 0.774. The van der Waals surface area contributed by atoms with Gasteiger partial charge in [0.2, 0.25) is 0 Å². The lowest BCUT2D eigenvalue weighted by molar-refractivity contribution is 0.0529. The van der Waals surface area contributed by atoms with E-state index in [-0.39, 0.29) is 11.9 Å². The van der Waals surface area contributed by atoms with E-state index < -0.39 is 0 Å². The van der Waals surface area contributed by atoms with Crippen LogP contribution in [0.15, 0.2) is 36.9 Å². The lowest BCUT2D eigenvalue weighted by Crippen LogP contribution is -2.49. The Balaban J connectivity index is 1.59. The summed E-state index contributed by atoms with van der Waals surface area (Å²) < 4.78 is 2.02. The molecule has 0 spiro atoms. The maximum absolute atomic E-state index is 12.9. The summed E-state index contributed by atoms with van der Waals surface area (Å²) >= 11 is 0. The van der Waals surface area contributed by atoms with Gasteiger partial charge in [0.25, 0.3) is 5.91 Å². The van der Waals surface area contributed by atoms with Crippen molar-refractivity contribution >= 4 is 16.9 Å². The van der Waals surface area contributed by atoms with E-state index in [1.54, 1.807) is 12.5 Å². The van der Waals surface area contributed by atoms with E-state index >= 15 is 0 Å². The first-order valence-electron chi connectivity index (χ1n) is 8.03. The number of nitrogens with one attached hydrogen (secondary N) is 1. The first kappa shape index (κ1) is 14.9. The van der Waals surface area contributed by atoms with Crippen LogP contribution in [0.3, 0.4) is 0 Å². The number of fused-ring (bicyclic) bond motifs is 1. The fourth-order valence-corrected chi connectivity index (χ4v) is 3.29. The van der Waals surface area contributed by atoms with E-state index in [4.69, 9.17) is 0 Å². The maximum Gasteiger partial charge on any atom is 0.254 e. The summed E-state index contributed by atoms with van der Waals surface area (Å²) in [7, 11) is 4.07. The monoisotopic (exact) mass is 324 g/mol. The van der Waals surface area contributed by atoms with Gasteiger partial charge in [-0.2, -0.15) is 0 Å². The molecule has 7 nitrogen and oxygen atoms in total. The van der Waals surface area contributed by atoms with Gasteiger partial charge in [-0.15, -0.1) is 0 Å². The zero-order chi connectivity index (χ0) is 16.7. The molecule has 0 aliphatic carbocycles. The SMILES string of the molecule is CN1CCN(C(=O)c2ccc3nc[nH]c3c2)CC1c1nccn1C. The second-order valence-electron chi connectivity index (χ2n) is 6.28. The third-order valence-electron chi connectivity index (χ3n) is 4.76. The van der Waals surface area contributed by atoms with E-state index in [1.165, 1.54) is 0 Å². The topological polar surface area (TPSA) is 70.1 Å². The first-order chi connectivity index (χ1) is 11.6. The van der Waals surface area contributed by atoms with Crippen molar-refractivity contribution in [3.8, 4) is 0 Å². The van der Waals surface area contributed by atoms with E-state index in [2.05, 4.69) is 26.9 Å². The molecule has 7 heteroatoms. The van der Waals surface area contributed by atoms with Crippen molar-refractivity contribution in [2.24, 2.45) is 7.05 Å². The van der Waals surface area contributed by atoms with Gasteiger partial charge in [0.05, 0.1) is 23.4 Å². The minimum atomic E-state index is 0.0545. The van der Waals surface area contributed by atoms with Crippen LogP contribution in [0.5, 0.6) is 0 Å². The number of hydrogen-bond donors (Lipinski definition) is 1. The molecule has 0 bridgehead atoms. The van der Waals surface area contributed by atoms with Gasteiger partial charge in [0.1, 0.15) is 5.82 Å². The van der Waals surface area contributed by atoms with Crippen molar-refractivity contribution in [1.29, 1.82) is 0 Å². The molecule has 0 saturated carbocycles. The third-order valence-corrected chi connectivity index (χ3v) is 4.76. The number of carbonyl (C=O) groups excluding carboxylic acids is 1. The molecule has 1 fully saturated rings. The number of carbonyl (C=O) groups is 1. The molecule has 1 atom stereocenters. The van der Waals surface area contributed by atoms with Crippen LogP contribution < -0.4 is 0 Å². The number of benzene rings is 1. The van der Waals surface area contributed by atoms with Crippen LogP contribution in [0.1, 0.15) is 22.2 Å². The minimum Gasteiger partial charge on any atom is -0.345 e. The van der Waals surface area contributed by atoms with Crippen LogP contribution in [0.4, 0.5) is 0 Å². The first-order valence-corrected chi connectivity index (χ1v) is 8.03. The number of likely N-dealkylation sites (N-methyl/N-ethyl adjacent to an activating group) is 1. The molecule has 1 aliphatic heterocycles. The standard InChI is InChI=1S/C17H20N6O/c1-21-7-8-23(10-15(21)16-18-5-6-22(16)2)17(24)12-3-4-13-14(9-12)20-11-19-13/h3-6,9,11,15H,7-8,10H2,1-2H3,(H,19,20). The highest BCUT2D eigenvalue weighted by Gasteiger charge is 2.31. The summed E-state index contributed by atoms with van der Waals surface area (Å²) in [6, 6.07) is 5.71. The van der Waals surface area contributed by atoms with E-state index in [1.807, 2.05) is 40.9 Å². The summed E-state index contributed by atoms with van der Waals surface area (Å²) in [5.74, 6) is 1.04. The van der Waals surface area contributed by atoms with Gasteiger partial charge >= 0.3 is 0 Å². The molecule has 1 N–H and O–H groups in total. The van der Waals surface area contributed by atoms with Gasteiger partial charge in [0, 0.05) is 44.6 Å². The lowest BCUT2D eigenvalue weighted by atomic mass is 10.1. The number of H-pyrrole nitrogens is 1. The fraction of sp³-hybridized carbons (Fsp3) is 0.353. The second-order valence-corrected chi connectivity index (χ2v) is 6.28. The molecule has 3 heterocycles. The molecular formula is C17H20N6O. The number of aryl methyl sites for hydroxylation is 1. The average Bonchev–Trinajstić information content (AvgIpc) is 3.22. The summed E-state index contributed by atoms with van der Waals surface area (Å²) in [5, 5.41) is 0. The number of aromatic amines is 1. The minimum absolute atomic E-state index is 0.0545. The van der Waals surface area contributed by atoms with Crippen LogP contribution in [-0.2, 0) is 7.05 Å². The number of amides is 1. The smallest absolute Gasteiger partial charge is 0.254 e. The Morgan fingerprint density at radius 1 is 1.25 bits per heavy atom. The van der Waals surface area contributed by atoms with Crippen LogP contribution >= 0.6 is 0 Å². The Kier molecular flexibility index (Phi) is 3.57. The van der Waals surface area contributed by atoms with Crippen LogP contribution in [-0.4, -0.2) is 61.9 Å². The van der Waals surface area contributed by atoms with Gasteiger partial charge in [-0.1, -0.05) is 0 Å². The molecule has 124 valence electrons. The van der Waals surface area contributed by atoms with E-state index in [0.29, 0.717) is 12.1 Å². The molecule has 1 aliphatic rings. The molecule has 4 rings (SSSR count). The number of aromatic nitrogens is 4. The van der Waals surface area contributed by atoms with Crippen LogP contribution in [0.2, 0.25) is 0 Å². The lowest BCUT2D eigenvalue weighted by Gasteiger charge is -2.39. The Morgan fingerprint density at radius 2 is 2.12 bits per heavy atom. The Hall–Kier alpha value is -2.67. The van der Waals surface area contributed by atoms with Crippen molar-refractivity contribution in [2.45, 2.75) is 6.04 Å². The number of piperazine rings is 1. The molecule has 1 aromatic carbocycles.